The van der Waals surface area contributed by atoms with E-state index in [0.29, 0.717) is 11.4 Å². The molecule has 98 valence electrons. The molecule has 0 saturated carbocycles. The smallest absolute Gasteiger partial charge is 0.230 e. The third-order valence-corrected chi connectivity index (χ3v) is 3.05. The molecule has 0 aliphatic rings. The predicted molar refractivity (Wildman–Crippen MR) is 75.4 cm³/mol. The van der Waals surface area contributed by atoms with Gasteiger partial charge in [0.2, 0.25) is 5.91 Å². The summed E-state index contributed by atoms with van der Waals surface area (Å²) in [6, 6.07) is 8.08. The number of benzene rings is 1. The van der Waals surface area contributed by atoms with Crippen molar-refractivity contribution in [2.45, 2.75) is 13.3 Å². The van der Waals surface area contributed by atoms with E-state index in [1.807, 2.05) is 13.0 Å². The highest BCUT2D eigenvalue weighted by atomic mass is 79.9. The van der Waals surface area contributed by atoms with Crippen molar-refractivity contribution in [3.63, 3.8) is 0 Å². The number of amides is 1. The van der Waals surface area contributed by atoms with Crippen molar-refractivity contribution in [2.24, 2.45) is 0 Å². The Bertz CT molecular complexity index is 616. The van der Waals surface area contributed by atoms with Crippen LogP contribution in [0.5, 0.6) is 0 Å². The molecule has 0 fully saturated rings. The third kappa shape index (κ3) is 3.61. The number of hydrogen-bond acceptors (Lipinski definition) is 2. The molecule has 1 heterocycles. The first-order valence-corrected chi connectivity index (χ1v) is 6.51. The molecule has 1 aromatic carbocycles. The molecular weight excluding hydrogens is 311 g/mol. The van der Waals surface area contributed by atoms with Crippen LogP contribution < -0.4 is 5.32 Å². The summed E-state index contributed by atoms with van der Waals surface area (Å²) in [5, 5.41) is 2.68. The minimum Gasteiger partial charge on any atom is -0.310 e. The first-order chi connectivity index (χ1) is 9.06. The Hall–Kier alpha value is -1.75. The zero-order chi connectivity index (χ0) is 13.8. The van der Waals surface area contributed by atoms with Crippen LogP contribution in [-0.4, -0.2) is 10.9 Å². The fourth-order valence-corrected chi connectivity index (χ4v) is 2.11. The highest BCUT2D eigenvalue weighted by molar-refractivity contribution is 9.10. The summed E-state index contributed by atoms with van der Waals surface area (Å²) < 4.78 is 14.3. The number of aryl methyl sites for hydroxylation is 1. The summed E-state index contributed by atoms with van der Waals surface area (Å²) >= 11 is 3.30. The van der Waals surface area contributed by atoms with Crippen LogP contribution in [0.15, 0.2) is 41.0 Å². The first-order valence-electron chi connectivity index (χ1n) is 5.71. The summed E-state index contributed by atoms with van der Waals surface area (Å²) in [6.07, 6.45) is 1.59. The fourth-order valence-electron chi connectivity index (χ4n) is 1.66. The van der Waals surface area contributed by atoms with Gasteiger partial charge < -0.3 is 5.32 Å². The van der Waals surface area contributed by atoms with Gasteiger partial charge in [-0.3, -0.25) is 4.79 Å². The topological polar surface area (TPSA) is 42.0 Å². The summed E-state index contributed by atoms with van der Waals surface area (Å²) in [5.41, 5.74) is 1.21. The number of carbonyl (C=O) groups excluding carboxylic acids is 1. The number of carbonyl (C=O) groups is 1. The van der Waals surface area contributed by atoms with Gasteiger partial charge >= 0.3 is 0 Å². The van der Waals surface area contributed by atoms with Gasteiger partial charge in [0, 0.05) is 10.7 Å². The zero-order valence-corrected chi connectivity index (χ0v) is 11.9. The Morgan fingerprint density at radius 1 is 1.42 bits per heavy atom. The molecular formula is C14H12BrFN2O. The van der Waals surface area contributed by atoms with Crippen molar-refractivity contribution in [3.8, 4) is 0 Å². The van der Waals surface area contributed by atoms with Gasteiger partial charge in [-0.15, -0.1) is 0 Å². The molecule has 2 rings (SSSR count). The second-order valence-electron chi connectivity index (χ2n) is 4.14. The minimum absolute atomic E-state index is 0.0101. The number of rotatable bonds is 3. The van der Waals surface area contributed by atoms with Crippen LogP contribution in [0, 0.1) is 12.7 Å². The van der Waals surface area contributed by atoms with Crippen LogP contribution in [0.4, 0.5) is 10.2 Å². The van der Waals surface area contributed by atoms with Crippen LogP contribution in [0.25, 0.3) is 0 Å². The molecule has 0 atom stereocenters. The number of aromatic nitrogens is 1. The largest absolute Gasteiger partial charge is 0.310 e. The lowest BCUT2D eigenvalue weighted by molar-refractivity contribution is -0.115. The molecule has 1 N–H and O–H groups in total. The lowest BCUT2D eigenvalue weighted by Crippen LogP contribution is -2.16. The molecule has 0 radical (unpaired) electrons. The third-order valence-electron chi connectivity index (χ3n) is 2.61. The van der Waals surface area contributed by atoms with Gasteiger partial charge in [-0.05, 0) is 46.1 Å². The Balaban J connectivity index is 2.08. The predicted octanol–water partition coefficient (Wildman–Crippen LogP) is 3.47. The highest BCUT2D eigenvalue weighted by Crippen LogP contribution is 2.17. The Labute approximate surface area is 119 Å². The van der Waals surface area contributed by atoms with Crippen LogP contribution in [0.1, 0.15) is 11.1 Å². The van der Waals surface area contributed by atoms with E-state index in [1.165, 1.54) is 6.07 Å². The zero-order valence-electron chi connectivity index (χ0n) is 10.3. The van der Waals surface area contributed by atoms with Crippen molar-refractivity contribution >= 4 is 27.7 Å². The second kappa shape index (κ2) is 5.93. The standard InChI is InChI=1S/C14H12BrFN2O/c1-9-6-11(15)8-17-14(9)18-13(19)7-10-4-2-3-5-12(10)16/h2-6,8H,7H2,1H3,(H,17,18,19). The maximum Gasteiger partial charge on any atom is 0.230 e. The van der Waals surface area contributed by atoms with Gasteiger partial charge in [-0.1, -0.05) is 18.2 Å². The van der Waals surface area contributed by atoms with Crippen molar-refractivity contribution in [1.82, 2.24) is 4.98 Å². The Morgan fingerprint density at radius 3 is 2.84 bits per heavy atom. The van der Waals surface area contributed by atoms with E-state index in [1.54, 1.807) is 24.4 Å². The van der Waals surface area contributed by atoms with Crippen LogP contribution in [0.2, 0.25) is 0 Å². The lowest BCUT2D eigenvalue weighted by Gasteiger charge is -2.08. The molecule has 1 aromatic heterocycles. The summed E-state index contributed by atoms with van der Waals surface area (Å²) in [5.74, 6) is -0.175. The average Bonchev–Trinajstić information content (AvgIpc) is 2.36. The van der Waals surface area contributed by atoms with E-state index in [4.69, 9.17) is 0 Å². The number of nitrogens with one attached hydrogen (secondary N) is 1. The molecule has 0 spiro atoms. The first kappa shape index (κ1) is 13.7. The number of halogens is 2. The van der Waals surface area contributed by atoms with Crippen LogP contribution in [-0.2, 0) is 11.2 Å². The monoisotopic (exact) mass is 322 g/mol. The molecule has 0 aliphatic carbocycles. The van der Waals surface area contributed by atoms with E-state index in [2.05, 4.69) is 26.2 Å². The Morgan fingerprint density at radius 2 is 2.16 bits per heavy atom. The summed E-state index contributed by atoms with van der Waals surface area (Å²) in [7, 11) is 0. The molecule has 2 aromatic rings. The molecule has 0 unspecified atom stereocenters. The lowest BCUT2D eigenvalue weighted by atomic mass is 10.1. The van der Waals surface area contributed by atoms with E-state index in [-0.39, 0.29) is 18.1 Å². The molecule has 19 heavy (non-hydrogen) atoms. The molecule has 1 amide bonds. The molecule has 0 bridgehead atoms. The van der Waals surface area contributed by atoms with E-state index in [0.717, 1.165) is 10.0 Å². The van der Waals surface area contributed by atoms with Gasteiger partial charge in [0.25, 0.3) is 0 Å². The van der Waals surface area contributed by atoms with Crippen LogP contribution >= 0.6 is 15.9 Å². The van der Waals surface area contributed by atoms with Crippen molar-refractivity contribution in [3.05, 3.63) is 57.9 Å². The number of anilines is 1. The molecule has 3 nitrogen and oxygen atoms in total. The van der Waals surface area contributed by atoms with E-state index >= 15 is 0 Å². The normalized spacial score (nSPS) is 10.3. The molecule has 5 heteroatoms. The number of nitrogens with zero attached hydrogens (tertiary/aromatic N) is 1. The maximum atomic E-state index is 13.4. The SMILES string of the molecule is Cc1cc(Br)cnc1NC(=O)Cc1ccccc1F. The quantitative estimate of drug-likeness (QED) is 0.940. The minimum atomic E-state index is -0.377. The van der Waals surface area contributed by atoms with E-state index < -0.39 is 0 Å². The highest BCUT2D eigenvalue weighted by Gasteiger charge is 2.10. The fraction of sp³-hybridized carbons (Fsp3) is 0.143. The van der Waals surface area contributed by atoms with Gasteiger partial charge in [0.05, 0.1) is 6.42 Å². The number of pyridine rings is 1. The van der Waals surface area contributed by atoms with Gasteiger partial charge in [0.1, 0.15) is 11.6 Å². The van der Waals surface area contributed by atoms with Crippen molar-refractivity contribution < 1.29 is 9.18 Å². The van der Waals surface area contributed by atoms with Crippen LogP contribution in [0.3, 0.4) is 0 Å². The second-order valence-corrected chi connectivity index (χ2v) is 5.05. The summed E-state index contributed by atoms with van der Waals surface area (Å²) in [4.78, 5) is 16.0. The van der Waals surface area contributed by atoms with Gasteiger partial charge in [-0.25, -0.2) is 9.37 Å². The molecule has 0 aliphatic heterocycles. The summed E-state index contributed by atoms with van der Waals surface area (Å²) in [6.45, 7) is 1.84. The molecule has 0 saturated heterocycles. The van der Waals surface area contributed by atoms with Gasteiger partial charge in [0.15, 0.2) is 0 Å². The Kier molecular flexibility index (Phi) is 4.27. The average molecular weight is 323 g/mol. The van der Waals surface area contributed by atoms with Crippen molar-refractivity contribution in [1.29, 1.82) is 0 Å². The van der Waals surface area contributed by atoms with E-state index in [9.17, 15) is 9.18 Å². The number of hydrogen-bond donors (Lipinski definition) is 1. The van der Waals surface area contributed by atoms with Gasteiger partial charge in [-0.2, -0.15) is 0 Å². The van der Waals surface area contributed by atoms with Crippen molar-refractivity contribution in [2.75, 3.05) is 5.32 Å². The maximum absolute atomic E-state index is 13.4.